The number of nitrogens with zero attached hydrogens (tertiary/aromatic N) is 3. The lowest BCUT2D eigenvalue weighted by Gasteiger charge is -2.16. The summed E-state index contributed by atoms with van der Waals surface area (Å²) in [7, 11) is 0. The van der Waals surface area contributed by atoms with E-state index in [1.807, 2.05) is 5.43 Å². The summed E-state index contributed by atoms with van der Waals surface area (Å²) in [6.45, 7) is 1.76. The molecule has 2 rings (SSSR count). The van der Waals surface area contributed by atoms with Crippen LogP contribution in [0.25, 0.3) is 0 Å². The Labute approximate surface area is 118 Å². The van der Waals surface area contributed by atoms with Crippen LogP contribution in [0.2, 0.25) is 0 Å². The third-order valence-electron chi connectivity index (χ3n) is 2.64. The molecule has 0 aromatic carbocycles. The number of nitrogens with two attached hydrogens (primary N) is 1. The molecule has 0 saturated carbocycles. The van der Waals surface area contributed by atoms with Gasteiger partial charge in [-0.3, -0.25) is 10.4 Å². The topological polar surface area (TPSA) is 88.8 Å². The molecule has 0 radical (unpaired) electrons. The van der Waals surface area contributed by atoms with Crippen molar-refractivity contribution >= 4 is 11.8 Å². The number of rotatable bonds is 4. The normalized spacial score (nSPS) is 12.8. The van der Waals surface area contributed by atoms with Gasteiger partial charge in [-0.2, -0.15) is 18.2 Å². The van der Waals surface area contributed by atoms with E-state index < -0.39 is 11.9 Å². The molecule has 0 aliphatic carbocycles. The van der Waals surface area contributed by atoms with Gasteiger partial charge < -0.3 is 5.32 Å². The van der Waals surface area contributed by atoms with Gasteiger partial charge in [0.25, 0.3) is 0 Å². The summed E-state index contributed by atoms with van der Waals surface area (Å²) in [4.78, 5) is 11.2. The molecule has 0 fully saturated rings. The molecule has 112 valence electrons. The zero-order valence-electron chi connectivity index (χ0n) is 11.0. The number of hydrogen-bond donors (Lipinski definition) is 3. The van der Waals surface area contributed by atoms with Crippen molar-refractivity contribution in [1.29, 1.82) is 0 Å². The highest BCUT2D eigenvalue weighted by Gasteiger charge is 2.33. The molecule has 6 nitrogen and oxygen atoms in total. The Hall–Kier alpha value is -2.42. The number of anilines is 2. The van der Waals surface area contributed by atoms with E-state index in [1.54, 1.807) is 31.3 Å². The van der Waals surface area contributed by atoms with Gasteiger partial charge in [-0.1, -0.05) is 6.07 Å². The first-order valence-electron chi connectivity index (χ1n) is 6.00. The molecule has 0 aliphatic heterocycles. The summed E-state index contributed by atoms with van der Waals surface area (Å²) >= 11 is 0. The van der Waals surface area contributed by atoms with Gasteiger partial charge in [-0.15, -0.1) is 0 Å². The van der Waals surface area contributed by atoms with E-state index in [9.17, 15) is 13.2 Å². The summed E-state index contributed by atoms with van der Waals surface area (Å²) in [5.41, 5.74) is 1.61. The Morgan fingerprint density at radius 3 is 2.57 bits per heavy atom. The fourth-order valence-electron chi connectivity index (χ4n) is 1.66. The Kier molecular flexibility index (Phi) is 4.22. The van der Waals surface area contributed by atoms with Crippen molar-refractivity contribution in [2.75, 3.05) is 10.7 Å². The molecule has 1 atom stereocenters. The maximum Gasteiger partial charge on any atom is 0.433 e. The van der Waals surface area contributed by atoms with Gasteiger partial charge in [0, 0.05) is 12.3 Å². The molecular weight excluding hydrogens is 285 g/mol. The van der Waals surface area contributed by atoms with Crippen LogP contribution in [-0.2, 0) is 6.18 Å². The van der Waals surface area contributed by atoms with E-state index in [1.165, 1.54) is 0 Å². The summed E-state index contributed by atoms with van der Waals surface area (Å²) in [6, 6.07) is 5.78. The highest BCUT2D eigenvalue weighted by molar-refractivity contribution is 5.44. The quantitative estimate of drug-likeness (QED) is 0.593. The van der Waals surface area contributed by atoms with Crippen LogP contribution in [0, 0.1) is 0 Å². The lowest BCUT2D eigenvalue weighted by atomic mass is 10.2. The van der Waals surface area contributed by atoms with Crippen LogP contribution in [0.15, 0.2) is 30.5 Å². The third-order valence-corrected chi connectivity index (χ3v) is 2.64. The molecule has 0 bridgehead atoms. The van der Waals surface area contributed by atoms with Crippen LogP contribution < -0.4 is 16.6 Å². The number of nitrogen functional groups attached to an aromatic ring is 1. The average Bonchev–Trinajstić information content (AvgIpc) is 2.46. The number of halogens is 3. The van der Waals surface area contributed by atoms with Gasteiger partial charge in [0.1, 0.15) is 5.82 Å². The molecule has 21 heavy (non-hydrogen) atoms. The van der Waals surface area contributed by atoms with Gasteiger partial charge in [0.05, 0.1) is 11.7 Å². The summed E-state index contributed by atoms with van der Waals surface area (Å²) in [5, 5.41) is 2.84. The second-order valence-electron chi connectivity index (χ2n) is 4.22. The largest absolute Gasteiger partial charge is 0.433 e. The number of hydrogen-bond acceptors (Lipinski definition) is 6. The van der Waals surface area contributed by atoms with Crippen LogP contribution >= 0.6 is 0 Å². The molecule has 2 aromatic rings. The fourth-order valence-corrected chi connectivity index (χ4v) is 1.66. The van der Waals surface area contributed by atoms with Crippen LogP contribution in [0.5, 0.6) is 0 Å². The van der Waals surface area contributed by atoms with Gasteiger partial charge in [-0.05, 0) is 19.1 Å². The zero-order chi connectivity index (χ0) is 15.5. The number of hydrazine groups is 1. The lowest BCUT2D eigenvalue weighted by Crippen LogP contribution is -2.18. The van der Waals surface area contributed by atoms with Crippen molar-refractivity contribution in [2.45, 2.75) is 19.1 Å². The minimum Gasteiger partial charge on any atom is -0.362 e. The second kappa shape index (κ2) is 5.92. The number of pyridine rings is 1. The number of aromatic nitrogens is 3. The first-order chi connectivity index (χ1) is 9.90. The maximum atomic E-state index is 12.7. The molecule has 2 heterocycles. The first kappa shape index (κ1) is 15.0. The van der Waals surface area contributed by atoms with E-state index in [-0.39, 0.29) is 17.8 Å². The molecule has 9 heteroatoms. The van der Waals surface area contributed by atoms with Crippen molar-refractivity contribution in [1.82, 2.24) is 15.0 Å². The predicted octanol–water partition coefficient (Wildman–Crippen LogP) is 2.35. The van der Waals surface area contributed by atoms with Crippen molar-refractivity contribution in [3.8, 4) is 0 Å². The molecule has 0 spiro atoms. The molecule has 0 saturated heterocycles. The van der Waals surface area contributed by atoms with Crippen molar-refractivity contribution in [3.63, 3.8) is 0 Å². The monoisotopic (exact) mass is 298 g/mol. The highest BCUT2D eigenvalue weighted by atomic mass is 19.4. The molecule has 2 aromatic heterocycles. The standard InChI is InChI=1S/C12H13F3N6/c1-7(8-4-2-3-5-17-8)18-10-6-9(12(13,14)15)19-11(20-10)21-16/h2-7H,16H2,1H3,(H2,18,19,20,21). The highest BCUT2D eigenvalue weighted by Crippen LogP contribution is 2.30. The Morgan fingerprint density at radius 1 is 1.24 bits per heavy atom. The molecular formula is C12H13F3N6. The van der Waals surface area contributed by atoms with Crippen LogP contribution in [0.3, 0.4) is 0 Å². The minimum atomic E-state index is -4.58. The Balaban J connectivity index is 2.27. The van der Waals surface area contributed by atoms with E-state index in [4.69, 9.17) is 5.84 Å². The summed E-state index contributed by atoms with van der Waals surface area (Å²) < 4.78 is 38.2. The molecule has 0 amide bonds. The zero-order valence-corrected chi connectivity index (χ0v) is 11.0. The second-order valence-corrected chi connectivity index (χ2v) is 4.22. The molecule has 1 unspecified atom stereocenters. The van der Waals surface area contributed by atoms with Crippen molar-refractivity contribution in [3.05, 3.63) is 41.9 Å². The SMILES string of the molecule is CC(Nc1cc(C(F)(F)F)nc(NN)n1)c1ccccn1. The van der Waals surface area contributed by atoms with Gasteiger partial charge in [0.15, 0.2) is 5.69 Å². The van der Waals surface area contributed by atoms with Gasteiger partial charge in [0.2, 0.25) is 5.95 Å². The number of alkyl halides is 3. The van der Waals surface area contributed by atoms with E-state index in [2.05, 4.69) is 20.3 Å². The minimum absolute atomic E-state index is 0.00317. The molecule has 0 aliphatic rings. The smallest absolute Gasteiger partial charge is 0.362 e. The van der Waals surface area contributed by atoms with E-state index in [0.29, 0.717) is 5.69 Å². The predicted molar refractivity (Wildman–Crippen MR) is 71.1 cm³/mol. The van der Waals surface area contributed by atoms with E-state index in [0.717, 1.165) is 6.07 Å². The van der Waals surface area contributed by atoms with Crippen molar-refractivity contribution in [2.24, 2.45) is 5.84 Å². The number of nitrogens with one attached hydrogen (secondary N) is 2. The van der Waals surface area contributed by atoms with E-state index >= 15 is 0 Å². The van der Waals surface area contributed by atoms with Crippen LogP contribution in [0.4, 0.5) is 24.9 Å². The third kappa shape index (κ3) is 3.78. The fraction of sp³-hybridized carbons (Fsp3) is 0.250. The van der Waals surface area contributed by atoms with Gasteiger partial charge >= 0.3 is 6.18 Å². The van der Waals surface area contributed by atoms with Crippen LogP contribution in [-0.4, -0.2) is 15.0 Å². The Bertz CT molecular complexity index is 602. The maximum absolute atomic E-state index is 12.7. The van der Waals surface area contributed by atoms with Gasteiger partial charge in [-0.25, -0.2) is 10.8 Å². The molecule has 4 N–H and O–H groups in total. The Morgan fingerprint density at radius 2 is 2.00 bits per heavy atom. The summed E-state index contributed by atoms with van der Waals surface area (Å²) in [5.74, 6) is 4.77. The first-order valence-corrected chi connectivity index (χ1v) is 6.00. The summed E-state index contributed by atoms with van der Waals surface area (Å²) in [6.07, 6.45) is -2.99. The lowest BCUT2D eigenvalue weighted by molar-refractivity contribution is -0.141. The average molecular weight is 298 g/mol. The van der Waals surface area contributed by atoms with Crippen LogP contribution in [0.1, 0.15) is 24.4 Å². The van der Waals surface area contributed by atoms with Crippen molar-refractivity contribution < 1.29 is 13.2 Å².